The van der Waals surface area contributed by atoms with Gasteiger partial charge >= 0.3 is 0 Å². The molecule has 0 rings (SSSR count). The van der Waals surface area contributed by atoms with E-state index in [0.29, 0.717) is 11.8 Å². The first kappa shape index (κ1) is 10.2. The zero-order chi connectivity index (χ0) is 9.07. The van der Waals surface area contributed by atoms with Gasteiger partial charge in [-0.15, -0.1) is 0 Å². The zero-order valence-corrected chi connectivity index (χ0v) is 7.49. The molecule has 0 aromatic rings. The molecule has 0 radical (unpaired) electrons. The Kier molecular flexibility index (Phi) is 3.27. The first-order valence-electron chi connectivity index (χ1n) is 3.04. The third kappa shape index (κ3) is 2.05. The quantitative estimate of drug-likeness (QED) is 0.472. The van der Waals surface area contributed by atoms with Gasteiger partial charge in [0, 0.05) is 0 Å². The van der Waals surface area contributed by atoms with Crippen molar-refractivity contribution < 1.29 is 9.59 Å². The molecule has 0 atom stereocenters. The number of rotatable bonds is 3. The predicted octanol–water partition coefficient (Wildman–Crippen LogP) is 1.14. The lowest BCUT2D eigenvalue weighted by atomic mass is 10.0. The van der Waals surface area contributed by atoms with Crippen molar-refractivity contribution in [3.63, 3.8) is 0 Å². The smallest absolute Gasteiger partial charge is 0.154 e. The standard InChI is InChI=1S/C7H9NO2S/c1-5(9)7(3,6(2)10)11-4-8/h1-3H3. The van der Waals surface area contributed by atoms with Gasteiger partial charge in [0.1, 0.15) is 10.1 Å². The molecule has 0 aromatic carbocycles. The summed E-state index contributed by atoms with van der Waals surface area (Å²) in [6.45, 7) is 4.09. The average Bonchev–Trinajstić information content (AvgIpc) is 1.87. The summed E-state index contributed by atoms with van der Waals surface area (Å²) in [5.74, 6) is -0.562. The van der Waals surface area contributed by atoms with Crippen LogP contribution >= 0.6 is 11.8 Å². The van der Waals surface area contributed by atoms with Crippen LogP contribution in [0.25, 0.3) is 0 Å². The normalized spacial score (nSPS) is 10.4. The van der Waals surface area contributed by atoms with E-state index in [0.717, 1.165) is 0 Å². The lowest BCUT2D eigenvalue weighted by Crippen LogP contribution is -2.36. The van der Waals surface area contributed by atoms with Crippen LogP contribution in [0.15, 0.2) is 0 Å². The van der Waals surface area contributed by atoms with E-state index < -0.39 is 4.75 Å². The molecular weight excluding hydrogens is 162 g/mol. The summed E-state index contributed by atoms with van der Waals surface area (Å²) < 4.78 is -1.17. The van der Waals surface area contributed by atoms with E-state index in [4.69, 9.17) is 5.26 Å². The van der Waals surface area contributed by atoms with Crippen LogP contribution in [0, 0.1) is 10.7 Å². The lowest BCUT2D eigenvalue weighted by Gasteiger charge is -2.17. The third-order valence-electron chi connectivity index (χ3n) is 1.59. The minimum Gasteiger partial charge on any atom is -0.298 e. The molecule has 4 heteroatoms. The van der Waals surface area contributed by atoms with E-state index in [1.165, 1.54) is 20.8 Å². The molecule has 0 amide bonds. The van der Waals surface area contributed by atoms with Crippen LogP contribution in [0.5, 0.6) is 0 Å². The van der Waals surface area contributed by atoms with E-state index in [1.807, 2.05) is 0 Å². The average molecular weight is 171 g/mol. The molecule has 0 N–H and O–H groups in total. The van der Waals surface area contributed by atoms with Crippen LogP contribution in [0.1, 0.15) is 20.8 Å². The number of nitriles is 1. The number of hydrogen-bond donors (Lipinski definition) is 0. The Morgan fingerprint density at radius 3 is 1.82 bits per heavy atom. The molecule has 0 saturated heterocycles. The monoisotopic (exact) mass is 171 g/mol. The summed E-state index contributed by atoms with van der Waals surface area (Å²) in [7, 11) is 0. The number of Topliss-reactive ketones (excluding diaryl/α,β-unsaturated/α-hetero) is 2. The number of carbonyl (C=O) groups excluding carboxylic acids is 2. The Morgan fingerprint density at radius 1 is 1.36 bits per heavy atom. The summed E-state index contributed by atoms with van der Waals surface area (Å²) in [5.41, 5.74) is 0. The second kappa shape index (κ2) is 3.54. The highest BCUT2D eigenvalue weighted by Gasteiger charge is 2.36. The maximum absolute atomic E-state index is 10.9. The van der Waals surface area contributed by atoms with Crippen LogP contribution < -0.4 is 0 Å². The van der Waals surface area contributed by atoms with Crippen molar-refractivity contribution in [2.75, 3.05) is 0 Å². The van der Waals surface area contributed by atoms with Gasteiger partial charge in [-0.3, -0.25) is 9.59 Å². The van der Waals surface area contributed by atoms with Gasteiger partial charge in [-0.05, 0) is 32.5 Å². The van der Waals surface area contributed by atoms with Crippen LogP contribution in [-0.2, 0) is 9.59 Å². The van der Waals surface area contributed by atoms with Crippen LogP contribution in [0.4, 0.5) is 0 Å². The minimum atomic E-state index is -1.17. The fourth-order valence-electron chi connectivity index (χ4n) is 0.483. The van der Waals surface area contributed by atoms with Crippen molar-refractivity contribution in [2.24, 2.45) is 0 Å². The maximum atomic E-state index is 10.9. The Morgan fingerprint density at radius 2 is 1.73 bits per heavy atom. The predicted molar refractivity (Wildman–Crippen MR) is 43.0 cm³/mol. The topological polar surface area (TPSA) is 57.9 Å². The van der Waals surface area contributed by atoms with Crippen molar-refractivity contribution in [1.29, 1.82) is 5.26 Å². The molecule has 0 aliphatic heterocycles. The fourth-order valence-corrected chi connectivity index (χ4v) is 0.953. The molecule has 0 fully saturated rings. The Hall–Kier alpha value is -0.820. The van der Waals surface area contributed by atoms with Gasteiger partial charge in [0.15, 0.2) is 11.6 Å². The van der Waals surface area contributed by atoms with Gasteiger partial charge in [-0.1, -0.05) is 0 Å². The van der Waals surface area contributed by atoms with Gasteiger partial charge in [-0.2, -0.15) is 5.26 Å². The lowest BCUT2D eigenvalue weighted by molar-refractivity contribution is -0.127. The summed E-state index contributed by atoms with van der Waals surface area (Å²) in [4.78, 5) is 21.8. The largest absolute Gasteiger partial charge is 0.298 e. The van der Waals surface area contributed by atoms with E-state index in [-0.39, 0.29) is 11.6 Å². The van der Waals surface area contributed by atoms with E-state index >= 15 is 0 Å². The molecule has 0 aromatic heterocycles. The Bertz CT molecular complexity index is 215. The summed E-state index contributed by atoms with van der Waals surface area (Å²) in [5, 5.41) is 10.1. The summed E-state index contributed by atoms with van der Waals surface area (Å²) >= 11 is 0.701. The second-order valence-corrected chi connectivity index (χ2v) is 3.54. The Balaban J connectivity index is 4.70. The van der Waals surface area contributed by atoms with Gasteiger partial charge in [0.25, 0.3) is 0 Å². The number of thioether (sulfide) groups is 1. The highest BCUT2D eigenvalue weighted by Crippen LogP contribution is 2.25. The molecule has 0 spiro atoms. The molecule has 0 aliphatic carbocycles. The highest BCUT2D eigenvalue weighted by molar-refractivity contribution is 8.06. The van der Waals surface area contributed by atoms with E-state index in [2.05, 4.69) is 0 Å². The minimum absolute atomic E-state index is 0.281. The molecule has 0 heterocycles. The number of nitrogens with zero attached hydrogens (tertiary/aromatic N) is 1. The first-order chi connectivity index (χ1) is 4.95. The van der Waals surface area contributed by atoms with Crippen LogP contribution in [-0.4, -0.2) is 16.3 Å². The van der Waals surface area contributed by atoms with E-state index in [9.17, 15) is 9.59 Å². The molecule has 0 bridgehead atoms. The molecule has 60 valence electrons. The molecule has 0 aliphatic rings. The van der Waals surface area contributed by atoms with Gasteiger partial charge in [-0.25, -0.2) is 0 Å². The van der Waals surface area contributed by atoms with Crippen molar-refractivity contribution in [1.82, 2.24) is 0 Å². The van der Waals surface area contributed by atoms with E-state index in [1.54, 1.807) is 5.40 Å². The number of hydrogen-bond acceptors (Lipinski definition) is 4. The Labute approximate surface area is 69.8 Å². The van der Waals surface area contributed by atoms with Crippen molar-refractivity contribution >= 4 is 23.3 Å². The van der Waals surface area contributed by atoms with Crippen molar-refractivity contribution in [2.45, 2.75) is 25.5 Å². The van der Waals surface area contributed by atoms with Gasteiger partial charge < -0.3 is 0 Å². The highest BCUT2D eigenvalue weighted by atomic mass is 32.2. The molecule has 11 heavy (non-hydrogen) atoms. The van der Waals surface area contributed by atoms with Gasteiger partial charge in [0.2, 0.25) is 0 Å². The SMILES string of the molecule is CC(=O)C(C)(SC#N)C(C)=O. The van der Waals surface area contributed by atoms with Crippen molar-refractivity contribution in [3.05, 3.63) is 0 Å². The third-order valence-corrected chi connectivity index (χ3v) is 2.67. The van der Waals surface area contributed by atoms with Crippen molar-refractivity contribution in [3.8, 4) is 5.40 Å². The molecule has 3 nitrogen and oxygen atoms in total. The van der Waals surface area contributed by atoms with Gasteiger partial charge in [0.05, 0.1) is 0 Å². The fraction of sp³-hybridized carbons (Fsp3) is 0.571. The first-order valence-corrected chi connectivity index (χ1v) is 3.86. The molecule has 0 unspecified atom stereocenters. The summed E-state index contributed by atoms with van der Waals surface area (Å²) in [6.07, 6.45) is 0. The second-order valence-electron chi connectivity index (χ2n) is 2.34. The van der Waals surface area contributed by atoms with Crippen LogP contribution in [0.3, 0.4) is 0 Å². The zero-order valence-electron chi connectivity index (χ0n) is 6.67. The number of ketones is 2. The number of thiocyanates is 1. The maximum Gasteiger partial charge on any atom is 0.154 e. The molecule has 0 saturated carbocycles. The number of carbonyl (C=O) groups is 2. The summed E-state index contributed by atoms with van der Waals surface area (Å²) in [6, 6.07) is 0. The van der Waals surface area contributed by atoms with Crippen LogP contribution in [0.2, 0.25) is 0 Å². The molecular formula is C7H9NO2S.